The summed E-state index contributed by atoms with van der Waals surface area (Å²) >= 11 is 0. The molecule has 4 nitrogen and oxygen atoms in total. The Morgan fingerprint density at radius 3 is 2.68 bits per heavy atom. The van der Waals surface area contributed by atoms with Crippen molar-refractivity contribution in [2.75, 3.05) is 18.0 Å². The molecule has 0 amide bonds. The first-order valence-electron chi connectivity index (χ1n) is 6.99. The van der Waals surface area contributed by atoms with E-state index in [1.165, 1.54) is 19.3 Å². The van der Waals surface area contributed by atoms with Crippen LogP contribution in [0, 0.1) is 12.8 Å². The van der Waals surface area contributed by atoms with Crippen molar-refractivity contribution in [1.82, 2.24) is 0 Å². The Morgan fingerprint density at radius 1 is 1.42 bits per heavy atom. The lowest BCUT2D eigenvalue weighted by Gasteiger charge is -2.34. The average Bonchev–Trinajstić information content (AvgIpc) is 2.46. The highest BCUT2D eigenvalue weighted by molar-refractivity contribution is 6.02. The second kappa shape index (κ2) is 5.95. The maximum absolute atomic E-state index is 8.93. The first-order valence-corrected chi connectivity index (χ1v) is 6.99. The number of rotatable bonds is 3. The molecule has 0 aliphatic carbocycles. The molecule has 0 atom stereocenters. The van der Waals surface area contributed by atoms with Crippen LogP contribution < -0.4 is 10.6 Å². The second-order valence-corrected chi connectivity index (χ2v) is 5.34. The Labute approximate surface area is 114 Å². The highest BCUT2D eigenvalue weighted by Crippen LogP contribution is 2.28. The van der Waals surface area contributed by atoms with Gasteiger partial charge in [0.2, 0.25) is 0 Å². The van der Waals surface area contributed by atoms with Crippen LogP contribution in [-0.4, -0.2) is 24.1 Å². The van der Waals surface area contributed by atoms with Crippen LogP contribution in [0.1, 0.15) is 37.3 Å². The molecule has 4 heteroatoms. The summed E-state index contributed by atoms with van der Waals surface area (Å²) in [6, 6.07) is 6.14. The fraction of sp³-hybridized carbons (Fsp3) is 0.533. The minimum absolute atomic E-state index is 0.191. The number of hydrogen-bond acceptors (Lipinski definition) is 3. The summed E-state index contributed by atoms with van der Waals surface area (Å²) in [5.41, 5.74) is 8.83. The van der Waals surface area contributed by atoms with Crippen LogP contribution in [0.15, 0.2) is 23.4 Å². The van der Waals surface area contributed by atoms with Crippen LogP contribution in [-0.2, 0) is 0 Å². The number of nitrogens with two attached hydrogens (primary N) is 1. The van der Waals surface area contributed by atoms with Gasteiger partial charge in [-0.3, -0.25) is 0 Å². The van der Waals surface area contributed by atoms with Crippen LogP contribution in [0.4, 0.5) is 5.69 Å². The highest BCUT2D eigenvalue weighted by atomic mass is 16.4. The molecule has 0 radical (unpaired) electrons. The molecule has 0 saturated carbocycles. The van der Waals surface area contributed by atoms with Crippen LogP contribution in [0.5, 0.6) is 0 Å². The highest BCUT2D eigenvalue weighted by Gasteiger charge is 2.20. The molecule has 1 fully saturated rings. The van der Waals surface area contributed by atoms with Gasteiger partial charge in [-0.1, -0.05) is 30.1 Å². The Morgan fingerprint density at radius 2 is 2.11 bits per heavy atom. The number of hydrogen-bond donors (Lipinski definition) is 2. The Kier molecular flexibility index (Phi) is 4.30. The SMILES string of the molecule is CCC1CCN(c2ccc(C)cc2/C(N)=N/O)CC1. The van der Waals surface area contributed by atoms with E-state index in [1.54, 1.807) is 0 Å². The summed E-state index contributed by atoms with van der Waals surface area (Å²) in [4.78, 5) is 2.35. The van der Waals surface area contributed by atoms with Crippen LogP contribution in [0.3, 0.4) is 0 Å². The number of aryl methyl sites for hydroxylation is 1. The summed E-state index contributed by atoms with van der Waals surface area (Å²) in [7, 11) is 0. The summed E-state index contributed by atoms with van der Waals surface area (Å²) in [5, 5.41) is 12.1. The van der Waals surface area contributed by atoms with Crippen molar-refractivity contribution in [1.29, 1.82) is 0 Å². The Hall–Kier alpha value is -1.71. The van der Waals surface area contributed by atoms with E-state index >= 15 is 0 Å². The molecule has 3 N–H and O–H groups in total. The van der Waals surface area contributed by atoms with E-state index in [1.807, 2.05) is 13.0 Å². The average molecular weight is 261 g/mol. The minimum Gasteiger partial charge on any atom is -0.409 e. The van der Waals surface area contributed by atoms with E-state index in [2.05, 4.69) is 29.1 Å². The van der Waals surface area contributed by atoms with Crippen molar-refractivity contribution in [2.24, 2.45) is 16.8 Å². The molecule has 0 spiro atoms. The van der Waals surface area contributed by atoms with Gasteiger partial charge in [-0.15, -0.1) is 0 Å². The number of benzene rings is 1. The molecule has 1 heterocycles. The number of oxime groups is 1. The summed E-state index contributed by atoms with van der Waals surface area (Å²) in [6.45, 7) is 6.37. The normalized spacial score (nSPS) is 17.8. The van der Waals surface area contributed by atoms with E-state index in [0.29, 0.717) is 0 Å². The van der Waals surface area contributed by atoms with Crippen molar-refractivity contribution in [3.8, 4) is 0 Å². The molecule has 1 aromatic carbocycles. The van der Waals surface area contributed by atoms with Crippen molar-refractivity contribution in [3.63, 3.8) is 0 Å². The molecule has 0 aromatic heterocycles. The zero-order chi connectivity index (χ0) is 13.8. The molecule has 0 bridgehead atoms. The van der Waals surface area contributed by atoms with Gasteiger partial charge in [0.15, 0.2) is 5.84 Å². The van der Waals surface area contributed by atoms with Gasteiger partial charge in [0.05, 0.1) is 0 Å². The largest absolute Gasteiger partial charge is 0.409 e. The fourth-order valence-electron chi connectivity index (χ4n) is 2.77. The maximum atomic E-state index is 8.93. The monoisotopic (exact) mass is 261 g/mol. The van der Waals surface area contributed by atoms with Gasteiger partial charge in [0.25, 0.3) is 0 Å². The number of amidine groups is 1. The third-order valence-electron chi connectivity index (χ3n) is 4.07. The molecule has 0 unspecified atom stereocenters. The number of anilines is 1. The van der Waals surface area contributed by atoms with Crippen molar-refractivity contribution in [3.05, 3.63) is 29.3 Å². The number of nitrogens with zero attached hydrogens (tertiary/aromatic N) is 2. The quantitative estimate of drug-likeness (QED) is 0.380. The van der Waals surface area contributed by atoms with E-state index in [4.69, 9.17) is 10.9 Å². The molecule has 1 aromatic rings. The lowest BCUT2D eigenvalue weighted by molar-refractivity contribution is 0.318. The Balaban J connectivity index is 2.25. The van der Waals surface area contributed by atoms with E-state index in [-0.39, 0.29) is 5.84 Å². The predicted molar refractivity (Wildman–Crippen MR) is 78.9 cm³/mol. The van der Waals surface area contributed by atoms with E-state index in [9.17, 15) is 0 Å². The standard InChI is InChI=1S/C15H23N3O/c1-3-12-6-8-18(9-7-12)14-5-4-11(2)10-13(14)15(16)17-19/h4-5,10,12,19H,3,6-9H2,1-2H3,(H2,16,17). The van der Waals surface area contributed by atoms with Gasteiger partial charge in [-0.05, 0) is 37.8 Å². The number of piperidine rings is 1. The van der Waals surface area contributed by atoms with Crippen LogP contribution in [0.25, 0.3) is 0 Å². The smallest absolute Gasteiger partial charge is 0.172 e. The Bertz CT molecular complexity index is 462. The molecular weight excluding hydrogens is 238 g/mol. The van der Waals surface area contributed by atoms with Crippen molar-refractivity contribution in [2.45, 2.75) is 33.1 Å². The van der Waals surface area contributed by atoms with Gasteiger partial charge in [-0.25, -0.2) is 0 Å². The predicted octanol–water partition coefficient (Wildman–Crippen LogP) is 2.72. The lowest BCUT2D eigenvalue weighted by Crippen LogP contribution is -2.35. The molecule has 1 saturated heterocycles. The van der Waals surface area contributed by atoms with Gasteiger partial charge in [0, 0.05) is 24.3 Å². The van der Waals surface area contributed by atoms with Gasteiger partial charge in [0.1, 0.15) is 0 Å². The third-order valence-corrected chi connectivity index (χ3v) is 4.07. The summed E-state index contributed by atoms with van der Waals surface area (Å²) in [5.74, 6) is 1.03. The van der Waals surface area contributed by atoms with E-state index in [0.717, 1.165) is 35.8 Å². The molecule has 19 heavy (non-hydrogen) atoms. The lowest BCUT2D eigenvalue weighted by atomic mass is 9.93. The zero-order valence-corrected chi connectivity index (χ0v) is 11.8. The molecular formula is C15H23N3O. The molecule has 1 aliphatic rings. The summed E-state index contributed by atoms with van der Waals surface area (Å²) in [6.07, 6.45) is 3.70. The van der Waals surface area contributed by atoms with Gasteiger partial charge >= 0.3 is 0 Å². The van der Waals surface area contributed by atoms with Crippen LogP contribution in [0.2, 0.25) is 0 Å². The maximum Gasteiger partial charge on any atom is 0.172 e. The summed E-state index contributed by atoms with van der Waals surface area (Å²) < 4.78 is 0. The fourth-order valence-corrected chi connectivity index (χ4v) is 2.77. The van der Waals surface area contributed by atoms with Gasteiger partial charge < -0.3 is 15.8 Å². The van der Waals surface area contributed by atoms with Gasteiger partial charge in [-0.2, -0.15) is 0 Å². The molecule has 104 valence electrons. The molecule has 2 rings (SSSR count). The van der Waals surface area contributed by atoms with Crippen molar-refractivity contribution < 1.29 is 5.21 Å². The zero-order valence-electron chi connectivity index (χ0n) is 11.8. The molecule has 1 aliphatic heterocycles. The minimum atomic E-state index is 0.191. The topological polar surface area (TPSA) is 61.8 Å². The first-order chi connectivity index (χ1) is 9.15. The van der Waals surface area contributed by atoms with Crippen LogP contribution >= 0.6 is 0 Å². The first kappa shape index (κ1) is 13.7. The second-order valence-electron chi connectivity index (χ2n) is 5.34. The third kappa shape index (κ3) is 3.00. The van der Waals surface area contributed by atoms with E-state index < -0.39 is 0 Å². The van der Waals surface area contributed by atoms with Crippen molar-refractivity contribution >= 4 is 11.5 Å².